The van der Waals surface area contributed by atoms with Crippen molar-refractivity contribution in [2.45, 2.75) is 33.3 Å². The van der Waals surface area contributed by atoms with Gasteiger partial charge < -0.3 is 15.4 Å². The van der Waals surface area contributed by atoms with Crippen LogP contribution in [0.25, 0.3) is 0 Å². The standard InChI is InChI=1S/C25H26N2O3/c1-4-19-10-6-8-12-23(19)27-25(29)20-13-15-21(16-14-20)30-18(3)24(28)26-22-11-7-5-9-17(22)2/h5-16,18H,4H2,1-3H3,(H,26,28)(H,27,29)/t18-/m1/s1. The van der Waals surface area contributed by atoms with Crippen LogP contribution in [0.15, 0.2) is 72.8 Å². The van der Waals surface area contributed by atoms with Crippen LogP contribution in [0.3, 0.4) is 0 Å². The molecular weight excluding hydrogens is 376 g/mol. The van der Waals surface area contributed by atoms with Gasteiger partial charge in [0.25, 0.3) is 11.8 Å². The summed E-state index contributed by atoms with van der Waals surface area (Å²) >= 11 is 0. The molecule has 0 fully saturated rings. The highest BCUT2D eigenvalue weighted by atomic mass is 16.5. The summed E-state index contributed by atoms with van der Waals surface area (Å²) in [5.41, 5.74) is 4.16. The molecule has 154 valence electrons. The topological polar surface area (TPSA) is 67.4 Å². The SMILES string of the molecule is CCc1ccccc1NC(=O)c1ccc(O[C@H](C)C(=O)Nc2ccccc2C)cc1. The van der Waals surface area contributed by atoms with Gasteiger partial charge in [0.1, 0.15) is 5.75 Å². The molecule has 0 aliphatic rings. The number of anilines is 2. The van der Waals surface area contributed by atoms with Gasteiger partial charge in [0.15, 0.2) is 6.10 Å². The van der Waals surface area contributed by atoms with Crippen molar-refractivity contribution in [3.8, 4) is 5.75 Å². The van der Waals surface area contributed by atoms with E-state index in [-0.39, 0.29) is 11.8 Å². The number of carbonyl (C=O) groups excluding carboxylic acids is 2. The lowest BCUT2D eigenvalue weighted by molar-refractivity contribution is -0.122. The smallest absolute Gasteiger partial charge is 0.265 e. The summed E-state index contributed by atoms with van der Waals surface area (Å²) in [6, 6.07) is 22.1. The summed E-state index contributed by atoms with van der Waals surface area (Å²) in [4.78, 5) is 25.0. The van der Waals surface area contributed by atoms with Gasteiger partial charge in [-0.25, -0.2) is 0 Å². The van der Waals surface area contributed by atoms with Crippen molar-refractivity contribution in [2.75, 3.05) is 10.6 Å². The van der Waals surface area contributed by atoms with Crippen LogP contribution in [0.4, 0.5) is 11.4 Å². The number of para-hydroxylation sites is 2. The second-order valence-corrected chi connectivity index (χ2v) is 7.05. The molecule has 0 bridgehead atoms. The number of rotatable bonds is 7. The fraction of sp³-hybridized carbons (Fsp3) is 0.200. The largest absolute Gasteiger partial charge is 0.481 e. The normalized spacial score (nSPS) is 11.4. The molecule has 5 heteroatoms. The molecule has 5 nitrogen and oxygen atoms in total. The zero-order valence-corrected chi connectivity index (χ0v) is 17.4. The molecule has 0 radical (unpaired) electrons. The Morgan fingerprint density at radius 1 is 0.867 bits per heavy atom. The van der Waals surface area contributed by atoms with E-state index in [1.54, 1.807) is 31.2 Å². The van der Waals surface area contributed by atoms with Crippen molar-refractivity contribution in [3.63, 3.8) is 0 Å². The van der Waals surface area contributed by atoms with E-state index in [1.807, 2.05) is 62.4 Å². The summed E-state index contributed by atoms with van der Waals surface area (Å²) in [6.45, 7) is 5.67. The van der Waals surface area contributed by atoms with Gasteiger partial charge in [-0.05, 0) is 67.8 Å². The van der Waals surface area contributed by atoms with Crippen LogP contribution >= 0.6 is 0 Å². The van der Waals surface area contributed by atoms with Gasteiger partial charge >= 0.3 is 0 Å². The highest BCUT2D eigenvalue weighted by molar-refractivity contribution is 6.04. The lowest BCUT2D eigenvalue weighted by atomic mass is 10.1. The molecule has 0 unspecified atom stereocenters. The molecule has 0 aliphatic carbocycles. The number of amides is 2. The number of benzene rings is 3. The number of hydrogen-bond donors (Lipinski definition) is 2. The van der Waals surface area contributed by atoms with Crippen molar-refractivity contribution in [3.05, 3.63) is 89.5 Å². The molecule has 0 saturated carbocycles. The second-order valence-electron chi connectivity index (χ2n) is 7.05. The van der Waals surface area contributed by atoms with E-state index in [2.05, 4.69) is 10.6 Å². The Hall–Kier alpha value is -3.60. The van der Waals surface area contributed by atoms with Crippen molar-refractivity contribution in [2.24, 2.45) is 0 Å². The highest BCUT2D eigenvalue weighted by Gasteiger charge is 2.16. The fourth-order valence-electron chi connectivity index (χ4n) is 3.04. The van der Waals surface area contributed by atoms with Crippen molar-refractivity contribution < 1.29 is 14.3 Å². The van der Waals surface area contributed by atoms with Crippen LogP contribution in [0.1, 0.15) is 35.3 Å². The summed E-state index contributed by atoms with van der Waals surface area (Å²) in [7, 11) is 0. The van der Waals surface area contributed by atoms with E-state index in [4.69, 9.17) is 4.74 Å². The third kappa shape index (κ3) is 5.26. The van der Waals surface area contributed by atoms with E-state index < -0.39 is 6.10 Å². The molecule has 0 heterocycles. The van der Waals surface area contributed by atoms with Gasteiger partial charge in [0, 0.05) is 16.9 Å². The van der Waals surface area contributed by atoms with E-state index in [1.165, 1.54) is 0 Å². The van der Waals surface area contributed by atoms with E-state index >= 15 is 0 Å². The fourth-order valence-corrected chi connectivity index (χ4v) is 3.04. The molecule has 2 amide bonds. The first kappa shape index (κ1) is 21.1. The number of ether oxygens (including phenoxy) is 1. The maximum absolute atomic E-state index is 12.5. The number of carbonyl (C=O) groups is 2. The number of aryl methyl sites for hydroxylation is 2. The van der Waals surface area contributed by atoms with Crippen LogP contribution in [0.5, 0.6) is 5.75 Å². The highest BCUT2D eigenvalue weighted by Crippen LogP contribution is 2.19. The quantitative estimate of drug-likeness (QED) is 0.570. The van der Waals surface area contributed by atoms with Crippen LogP contribution in [-0.2, 0) is 11.2 Å². The first-order valence-electron chi connectivity index (χ1n) is 10.0. The molecular formula is C25H26N2O3. The minimum absolute atomic E-state index is 0.187. The van der Waals surface area contributed by atoms with Gasteiger partial charge in [-0.3, -0.25) is 9.59 Å². The van der Waals surface area contributed by atoms with Gasteiger partial charge in [0.2, 0.25) is 0 Å². The zero-order valence-electron chi connectivity index (χ0n) is 17.4. The molecule has 0 spiro atoms. The maximum Gasteiger partial charge on any atom is 0.265 e. The Bertz CT molecular complexity index is 1030. The summed E-state index contributed by atoms with van der Waals surface area (Å²) in [6.07, 6.45) is 0.159. The molecule has 2 N–H and O–H groups in total. The Morgan fingerprint density at radius 2 is 1.50 bits per heavy atom. The molecule has 30 heavy (non-hydrogen) atoms. The van der Waals surface area contributed by atoms with Crippen LogP contribution in [-0.4, -0.2) is 17.9 Å². The van der Waals surface area contributed by atoms with E-state index in [0.29, 0.717) is 11.3 Å². The predicted molar refractivity (Wildman–Crippen MR) is 120 cm³/mol. The Balaban J connectivity index is 1.60. The third-order valence-electron chi connectivity index (χ3n) is 4.85. The lowest BCUT2D eigenvalue weighted by Crippen LogP contribution is -2.30. The minimum Gasteiger partial charge on any atom is -0.481 e. The third-order valence-corrected chi connectivity index (χ3v) is 4.85. The van der Waals surface area contributed by atoms with E-state index in [0.717, 1.165) is 28.9 Å². The molecule has 3 rings (SSSR count). The lowest BCUT2D eigenvalue weighted by Gasteiger charge is -2.16. The Kier molecular flexibility index (Phi) is 6.86. The molecule has 0 saturated heterocycles. The van der Waals surface area contributed by atoms with Gasteiger partial charge in [-0.15, -0.1) is 0 Å². The average Bonchev–Trinajstić information content (AvgIpc) is 2.76. The first-order valence-corrected chi connectivity index (χ1v) is 10.0. The Labute approximate surface area is 177 Å². The number of hydrogen-bond acceptors (Lipinski definition) is 3. The monoisotopic (exact) mass is 402 g/mol. The van der Waals surface area contributed by atoms with Crippen molar-refractivity contribution in [1.29, 1.82) is 0 Å². The van der Waals surface area contributed by atoms with Crippen molar-refractivity contribution >= 4 is 23.2 Å². The molecule has 1 atom stereocenters. The molecule has 0 aliphatic heterocycles. The van der Waals surface area contributed by atoms with Crippen LogP contribution in [0.2, 0.25) is 0 Å². The minimum atomic E-state index is -0.680. The zero-order chi connectivity index (χ0) is 21.5. The van der Waals surface area contributed by atoms with Crippen LogP contribution in [0, 0.1) is 6.92 Å². The second kappa shape index (κ2) is 9.74. The van der Waals surface area contributed by atoms with Crippen molar-refractivity contribution in [1.82, 2.24) is 0 Å². The molecule has 3 aromatic carbocycles. The number of nitrogens with one attached hydrogen (secondary N) is 2. The summed E-state index contributed by atoms with van der Waals surface area (Å²) in [5.74, 6) is 0.100. The summed E-state index contributed by atoms with van der Waals surface area (Å²) in [5, 5.41) is 5.81. The maximum atomic E-state index is 12.5. The van der Waals surface area contributed by atoms with Gasteiger partial charge in [-0.2, -0.15) is 0 Å². The van der Waals surface area contributed by atoms with Gasteiger partial charge in [0.05, 0.1) is 0 Å². The Morgan fingerprint density at radius 3 is 2.17 bits per heavy atom. The van der Waals surface area contributed by atoms with E-state index in [9.17, 15) is 9.59 Å². The average molecular weight is 402 g/mol. The summed E-state index contributed by atoms with van der Waals surface area (Å²) < 4.78 is 5.73. The predicted octanol–water partition coefficient (Wildman–Crippen LogP) is 5.22. The molecule has 0 aromatic heterocycles. The molecule has 3 aromatic rings. The van der Waals surface area contributed by atoms with Crippen LogP contribution < -0.4 is 15.4 Å². The first-order chi connectivity index (χ1) is 14.5. The van der Waals surface area contributed by atoms with Gasteiger partial charge in [-0.1, -0.05) is 43.3 Å².